The quantitative estimate of drug-likeness (QED) is 0.786. The van der Waals surface area contributed by atoms with Gasteiger partial charge < -0.3 is 9.84 Å². The summed E-state index contributed by atoms with van der Waals surface area (Å²) in [6.45, 7) is 0.459. The molecule has 1 fully saturated rings. The molecule has 0 heterocycles. The number of benzene rings is 2. The predicted octanol–water partition coefficient (Wildman–Crippen LogP) is 4.89. The fourth-order valence-corrected chi connectivity index (χ4v) is 3.09. The number of rotatable bonds is 7. The van der Waals surface area contributed by atoms with Gasteiger partial charge in [0.15, 0.2) is 0 Å². The van der Waals surface area contributed by atoms with Crippen LogP contribution in [0.25, 0.3) is 0 Å². The summed E-state index contributed by atoms with van der Waals surface area (Å²) in [6, 6.07) is 15.5. The van der Waals surface area contributed by atoms with Gasteiger partial charge in [-0.1, -0.05) is 48.0 Å². The molecule has 0 saturated heterocycles. The first-order chi connectivity index (χ1) is 11.1. The smallest absolute Gasteiger partial charge is 0.303 e. The van der Waals surface area contributed by atoms with Gasteiger partial charge in [-0.15, -0.1) is 0 Å². The number of carbonyl (C=O) groups is 1. The van der Waals surface area contributed by atoms with Crippen LogP contribution in [0.1, 0.15) is 36.3 Å². The minimum atomic E-state index is -0.762. The van der Waals surface area contributed by atoms with Crippen molar-refractivity contribution in [2.45, 2.75) is 31.8 Å². The molecule has 0 amide bonds. The van der Waals surface area contributed by atoms with Crippen molar-refractivity contribution < 1.29 is 14.6 Å². The third-order valence-electron chi connectivity index (χ3n) is 4.21. The van der Waals surface area contributed by atoms with Gasteiger partial charge in [-0.25, -0.2) is 0 Å². The summed E-state index contributed by atoms with van der Waals surface area (Å²) in [4.78, 5) is 11.1. The molecule has 0 aliphatic heterocycles. The summed E-state index contributed by atoms with van der Waals surface area (Å²) in [7, 11) is 0. The Hall–Kier alpha value is -2.00. The molecule has 120 valence electrons. The minimum Gasteiger partial charge on any atom is -0.487 e. The van der Waals surface area contributed by atoms with Gasteiger partial charge >= 0.3 is 5.97 Å². The van der Waals surface area contributed by atoms with E-state index in [1.54, 1.807) is 0 Å². The fourth-order valence-electron chi connectivity index (χ4n) is 2.84. The van der Waals surface area contributed by atoms with Gasteiger partial charge in [0.05, 0.1) is 11.4 Å². The van der Waals surface area contributed by atoms with E-state index in [-0.39, 0.29) is 12.3 Å². The maximum atomic E-state index is 11.1. The lowest BCUT2D eigenvalue weighted by molar-refractivity contribution is -0.137. The molecule has 23 heavy (non-hydrogen) atoms. The van der Waals surface area contributed by atoms with Crippen LogP contribution in [0, 0.1) is 5.92 Å². The van der Waals surface area contributed by atoms with E-state index in [9.17, 15) is 4.79 Å². The molecule has 1 atom stereocenters. The molecule has 4 heteroatoms. The van der Waals surface area contributed by atoms with Crippen molar-refractivity contribution in [1.29, 1.82) is 0 Å². The Morgan fingerprint density at radius 3 is 2.57 bits per heavy atom. The summed E-state index contributed by atoms with van der Waals surface area (Å²) in [5.41, 5.74) is 2.07. The number of carboxylic acids is 1. The van der Waals surface area contributed by atoms with Crippen molar-refractivity contribution >= 4 is 17.6 Å². The molecule has 1 saturated carbocycles. The standard InChI is InChI=1S/C19H19ClO3/c20-17-10-15(16(11-19(21)22)14-6-7-14)8-9-18(17)23-12-13-4-2-1-3-5-13/h1-5,8-10,14,16H,6-7,11-12H2,(H,21,22). The van der Waals surface area contributed by atoms with Crippen LogP contribution in [-0.2, 0) is 11.4 Å². The molecule has 0 bridgehead atoms. The first kappa shape index (κ1) is 15.9. The molecule has 1 N–H and O–H groups in total. The molecule has 1 unspecified atom stereocenters. The van der Waals surface area contributed by atoms with E-state index in [1.807, 2.05) is 48.5 Å². The average molecular weight is 331 g/mol. The molecule has 1 aliphatic carbocycles. The lowest BCUT2D eigenvalue weighted by Crippen LogP contribution is -2.08. The fraction of sp³-hybridized carbons (Fsp3) is 0.316. The number of hydrogen-bond donors (Lipinski definition) is 1. The highest BCUT2D eigenvalue weighted by Crippen LogP contribution is 2.45. The second-order valence-electron chi connectivity index (χ2n) is 6.01. The summed E-state index contributed by atoms with van der Waals surface area (Å²) in [5, 5.41) is 9.63. The second kappa shape index (κ2) is 7.05. The maximum Gasteiger partial charge on any atom is 0.303 e. The van der Waals surface area contributed by atoms with E-state index >= 15 is 0 Å². The van der Waals surface area contributed by atoms with Crippen molar-refractivity contribution in [2.75, 3.05) is 0 Å². The third-order valence-corrected chi connectivity index (χ3v) is 4.50. The Labute approximate surface area is 140 Å². The molecule has 0 aromatic heterocycles. The Bertz CT molecular complexity index is 680. The van der Waals surface area contributed by atoms with E-state index in [0.717, 1.165) is 24.0 Å². The first-order valence-corrected chi connectivity index (χ1v) is 8.19. The summed E-state index contributed by atoms with van der Waals surface area (Å²) in [5.74, 6) is 0.387. The highest BCUT2D eigenvalue weighted by molar-refractivity contribution is 6.32. The zero-order chi connectivity index (χ0) is 16.2. The zero-order valence-corrected chi connectivity index (χ0v) is 13.5. The molecule has 1 aliphatic rings. The van der Waals surface area contributed by atoms with Gasteiger partial charge in [-0.05, 0) is 47.9 Å². The van der Waals surface area contributed by atoms with Crippen molar-refractivity contribution in [1.82, 2.24) is 0 Å². The van der Waals surface area contributed by atoms with Crippen LogP contribution in [0.5, 0.6) is 5.75 Å². The highest BCUT2D eigenvalue weighted by Gasteiger charge is 2.34. The van der Waals surface area contributed by atoms with Gasteiger partial charge in [0.1, 0.15) is 12.4 Å². The number of hydrogen-bond acceptors (Lipinski definition) is 2. The molecule has 0 spiro atoms. The van der Waals surface area contributed by atoms with Crippen LogP contribution in [0.3, 0.4) is 0 Å². The van der Waals surface area contributed by atoms with Crippen LogP contribution in [-0.4, -0.2) is 11.1 Å². The molecule has 2 aromatic carbocycles. The zero-order valence-electron chi connectivity index (χ0n) is 12.7. The summed E-state index contributed by atoms with van der Waals surface area (Å²) in [6.07, 6.45) is 2.36. The Balaban J connectivity index is 1.71. The topological polar surface area (TPSA) is 46.5 Å². The van der Waals surface area contributed by atoms with Gasteiger partial charge in [-0.2, -0.15) is 0 Å². The van der Waals surface area contributed by atoms with Crippen molar-refractivity contribution in [2.24, 2.45) is 5.92 Å². The minimum absolute atomic E-state index is 0.0492. The Kier molecular flexibility index (Phi) is 4.87. The monoisotopic (exact) mass is 330 g/mol. The molecule has 0 radical (unpaired) electrons. The largest absolute Gasteiger partial charge is 0.487 e. The van der Waals surface area contributed by atoms with E-state index in [1.165, 1.54) is 0 Å². The van der Waals surface area contributed by atoms with Crippen LogP contribution < -0.4 is 4.74 Å². The third kappa shape index (κ3) is 4.26. The Morgan fingerprint density at radius 2 is 1.96 bits per heavy atom. The summed E-state index contributed by atoms with van der Waals surface area (Å²) < 4.78 is 5.77. The highest BCUT2D eigenvalue weighted by atomic mass is 35.5. The lowest BCUT2D eigenvalue weighted by Gasteiger charge is -2.16. The lowest BCUT2D eigenvalue weighted by atomic mass is 9.91. The SMILES string of the molecule is O=C(O)CC(c1ccc(OCc2ccccc2)c(Cl)c1)C1CC1. The first-order valence-electron chi connectivity index (χ1n) is 7.81. The van der Waals surface area contributed by atoms with Crippen LogP contribution in [0.15, 0.2) is 48.5 Å². The van der Waals surface area contributed by atoms with Crippen LogP contribution in [0.2, 0.25) is 5.02 Å². The molecular weight excluding hydrogens is 312 g/mol. The Morgan fingerprint density at radius 1 is 1.22 bits per heavy atom. The van der Waals surface area contributed by atoms with Gasteiger partial charge in [0.2, 0.25) is 0 Å². The number of ether oxygens (including phenoxy) is 1. The van der Waals surface area contributed by atoms with E-state index in [2.05, 4.69) is 0 Å². The molecular formula is C19H19ClO3. The van der Waals surface area contributed by atoms with Gasteiger partial charge in [0.25, 0.3) is 0 Å². The molecule has 3 rings (SSSR count). The number of carboxylic acid groups (broad SMARTS) is 1. The molecule has 2 aromatic rings. The van der Waals surface area contributed by atoms with Gasteiger partial charge in [0, 0.05) is 0 Å². The second-order valence-corrected chi connectivity index (χ2v) is 6.41. The van der Waals surface area contributed by atoms with Crippen LogP contribution in [0.4, 0.5) is 0 Å². The maximum absolute atomic E-state index is 11.1. The summed E-state index contributed by atoms with van der Waals surface area (Å²) >= 11 is 6.33. The van der Waals surface area contributed by atoms with Crippen molar-refractivity contribution in [3.63, 3.8) is 0 Å². The van der Waals surface area contributed by atoms with E-state index in [4.69, 9.17) is 21.4 Å². The predicted molar refractivity (Wildman–Crippen MR) is 89.9 cm³/mol. The normalized spacial score (nSPS) is 15.2. The number of aliphatic carboxylic acids is 1. The average Bonchev–Trinajstić information content (AvgIpc) is 3.37. The molecule has 3 nitrogen and oxygen atoms in total. The van der Waals surface area contributed by atoms with E-state index < -0.39 is 5.97 Å². The van der Waals surface area contributed by atoms with E-state index in [0.29, 0.717) is 23.3 Å². The van der Waals surface area contributed by atoms with Crippen molar-refractivity contribution in [3.05, 3.63) is 64.7 Å². The number of halogens is 1. The van der Waals surface area contributed by atoms with Gasteiger partial charge in [-0.3, -0.25) is 4.79 Å². The van der Waals surface area contributed by atoms with Crippen molar-refractivity contribution in [3.8, 4) is 5.75 Å². The van der Waals surface area contributed by atoms with Crippen LogP contribution >= 0.6 is 11.6 Å².